The lowest BCUT2D eigenvalue weighted by Crippen LogP contribution is -2.50. The third-order valence-corrected chi connectivity index (χ3v) is 5.90. The van der Waals surface area contributed by atoms with Gasteiger partial charge in [-0.15, -0.1) is 0 Å². The van der Waals surface area contributed by atoms with E-state index in [0.717, 1.165) is 30.5 Å². The second-order valence-corrected chi connectivity index (χ2v) is 8.02. The highest BCUT2D eigenvalue weighted by atomic mass is 16.5. The van der Waals surface area contributed by atoms with E-state index in [0.29, 0.717) is 50.7 Å². The molecule has 2 aromatic rings. The van der Waals surface area contributed by atoms with Gasteiger partial charge in [-0.3, -0.25) is 14.2 Å². The largest absolute Gasteiger partial charge is 0.378 e. The van der Waals surface area contributed by atoms with Gasteiger partial charge in [-0.2, -0.15) is 4.98 Å². The molecular weight excluding hydrogens is 398 g/mol. The van der Waals surface area contributed by atoms with Crippen molar-refractivity contribution in [2.75, 3.05) is 62.3 Å². The number of nitrogens with zero attached hydrogens (tertiary/aromatic N) is 7. The van der Waals surface area contributed by atoms with Gasteiger partial charge in [0.05, 0.1) is 19.5 Å². The first-order chi connectivity index (χ1) is 14.9. The molecule has 2 aromatic heterocycles. The van der Waals surface area contributed by atoms with Crippen molar-refractivity contribution in [3.05, 3.63) is 39.7 Å². The van der Waals surface area contributed by atoms with Crippen LogP contribution in [0.5, 0.6) is 0 Å². The number of ether oxygens (including phenoxy) is 1. The number of rotatable bonds is 4. The minimum Gasteiger partial charge on any atom is -0.378 e. The monoisotopic (exact) mass is 427 g/mol. The van der Waals surface area contributed by atoms with Crippen LogP contribution in [0.15, 0.2) is 17.2 Å². The van der Waals surface area contributed by atoms with Crippen LogP contribution in [0.3, 0.4) is 0 Å². The molecule has 0 N–H and O–H groups in total. The van der Waals surface area contributed by atoms with E-state index in [1.165, 1.54) is 10.9 Å². The van der Waals surface area contributed by atoms with Gasteiger partial charge in [0.2, 0.25) is 11.9 Å². The van der Waals surface area contributed by atoms with Gasteiger partial charge in [-0.05, 0) is 20.8 Å². The van der Waals surface area contributed by atoms with Gasteiger partial charge in [0.25, 0.3) is 5.56 Å². The van der Waals surface area contributed by atoms with Gasteiger partial charge < -0.3 is 19.4 Å². The molecule has 0 unspecified atom stereocenters. The summed E-state index contributed by atoms with van der Waals surface area (Å²) in [5.74, 6) is 1.55. The Balaban J connectivity index is 1.39. The second-order valence-electron chi connectivity index (χ2n) is 8.02. The van der Waals surface area contributed by atoms with E-state index in [-0.39, 0.29) is 18.0 Å². The minimum atomic E-state index is -0.161. The highest BCUT2D eigenvalue weighted by molar-refractivity contribution is 5.76. The number of carbonyl (C=O) groups is 1. The number of aromatic nitrogens is 4. The predicted molar refractivity (Wildman–Crippen MR) is 117 cm³/mol. The molecule has 0 saturated carbocycles. The van der Waals surface area contributed by atoms with Gasteiger partial charge in [0, 0.05) is 62.3 Å². The standard InChI is InChI=1S/C21H29N7O3/c1-15-12-18(24-21(23-15)27-8-10-31-11-9-27)25-4-6-26(7-5-25)19(29)13-28-14-22-17(3)16(2)20(28)30/h12,14H,4-11,13H2,1-3H3. The highest BCUT2D eigenvalue weighted by Crippen LogP contribution is 2.20. The number of amides is 1. The van der Waals surface area contributed by atoms with Crippen LogP contribution in [0.25, 0.3) is 0 Å². The van der Waals surface area contributed by atoms with E-state index in [1.54, 1.807) is 18.7 Å². The van der Waals surface area contributed by atoms with E-state index >= 15 is 0 Å². The molecular formula is C21H29N7O3. The number of anilines is 2. The molecule has 2 fully saturated rings. The molecule has 0 radical (unpaired) electrons. The number of piperazine rings is 1. The average molecular weight is 428 g/mol. The molecule has 10 nitrogen and oxygen atoms in total. The van der Waals surface area contributed by atoms with Crippen molar-refractivity contribution >= 4 is 17.7 Å². The molecule has 1 amide bonds. The summed E-state index contributed by atoms with van der Waals surface area (Å²) in [6.07, 6.45) is 1.45. The summed E-state index contributed by atoms with van der Waals surface area (Å²) < 4.78 is 6.81. The minimum absolute atomic E-state index is 0.0146. The third-order valence-electron chi connectivity index (χ3n) is 5.90. The van der Waals surface area contributed by atoms with Crippen LogP contribution < -0.4 is 15.4 Å². The van der Waals surface area contributed by atoms with Crippen LogP contribution in [0, 0.1) is 20.8 Å². The van der Waals surface area contributed by atoms with E-state index < -0.39 is 0 Å². The molecule has 0 atom stereocenters. The van der Waals surface area contributed by atoms with Crippen LogP contribution in [0.2, 0.25) is 0 Å². The molecule has 0 bridgehead atoms. The Labute approximate surface area is 181 Å². The van der Waals surface area contributed by atoms with E-state index in [1.807, 2.05) is 13.0 Å². The fourth-order valence-corrected chi connectivity index (χ4v) is 3.82. The van der Waals surface area contributed by atoms with Gasteiger partial charge in [-0.25, -0.2) is 9.97 Å². The zero-order valence-corrected chi connectivity index (χ0v) is 18.4. The van der Waals surface area contributed by atoms with Crippen LogP contribution in [0.1, 0.15) is 17.0 Å². The van der Waals surface area contributed by atoms with Crippen LogP contribution in [-0.2, 0) is 16.1 Å². The maximum absolute atomic E-state index is 12.7. The summed E-state index contributed by atoms with van der Waals surface area (Å²) in [7, 11) is 0. The third kappa shape index (κ3) is 4.68. The highest BCUT2D eigenvalue weighted by Gasteiger charge is 2.24. The SMILES string of the molecule is Cc1cc(N2CCN(C(=O)Cn3cnc(C)c(C)c3=O)CC2)nc(N2CCOCC2)n1. The van der Waals surface area contributed by atoms with Crippen molar-refractivity contribution in [3.63, 3.8) is 0 Å². The van der Waals surface area contributed by atoms with Crippen molar-refractivity contribution in [1.82, 2.24) is 24.4 Å². The topological polar surface area (TPSA) is 96.7 Å². The zero-order chi connectivity index (χ0) is 22.0. The van der Waals surface area contributed by atoms with Gasteiger partial charge in [-0.1, -0.05) is 0 Å². The van der Waals surface area contributed by atoms with Crippen molar-refractivity contribution < 1.29 is 9.53 Å². The number of morpholine rings is 1. The average Bonchev–Trinajstić information content (AvgIpc) is 2.79. The fraction of sp³-hybridized carbons (Fsp3) is 0.571. The maximum atomic E-state index is 12.7. The van der Waals surface area contributed by atoms with Crippen molar-refractivity contribution in [3.8, 4) is 0 Å². The molecule has 0 aromatic carbocycles. The molecule has 10 heteroatoms. The Morgan fingerprint density at radius 3 is 2.42 bits per heavy atom. The van der Waals surface area contributed by atoms with Crippen molar-refractivity contribution in [2.45, 2.75) is 27.3 Å². The number of hydrogen-bond donors (Lipinski definition) is 0. The van der Waals surface area contributed by atoms with Gasteiger partial charge in [0.1, 0.15) is 12.4 Å². The Morgan fingerprint density at radius 1 is 1.00 bits per heavy atom. The lowest BCUT2D eigenvalue weighted by molar-refractivity contribution is -0.132. The summed E-state index contributed by atoms with van der Waals surface area (Å²) in [6, 6.07) is 1.99. The first-order valence-electron chi connectivity index (χ1n) is 10.7. The summed E-state index contributed by atoms with van der Waals surface area (Å²) in [5.41, 5.74) is 2.03. The maximum Gasteiger partial charge on any atom is 0.256 e. The van der Waals surface area contributed by atoms with Gasteiger partial charge in [0.15, 0.2) is 0 Å². The second kappa shape index (κ2) is 9.01. The number of carbonyl (C=O) groups excluding carboxylic acids is 1. The van der Waals surface area contributed by atoms with E-state index in [2.05, 4.69) is 19.8 Å². The first kappa shape index (κ1) is 21.2. The molecule has 166 valence electrons. The molecule has 0 spiro atoms. The van der Waals surface area contributed by atoms with Crippen LogP contribution in [-0.4, -0.2) is 82.8 Å². The lowest BCUT2D eigenvalue weighted by Gasteiger charge is -2.36. The Hall–Kier alpha value is -3.01. The summed E-state index contributed by atoms with van der Waals surface area (Å²) >= 11 is 0. The summed E-state index contributed by atoms with van der Waals surface area (Å²) in [6.45, 7) is 11.0. The molecule has 2 aliphatic rings. The van der Waals surface area contributed by atoms with Crippen molar-refractivity contribution in [1.29, 1.82) is 0 Å². The Morgan fingerprint density at radius 2 is 1.71 bits per heavy atom. The molecule has 0 aliphatic carbocycles. The predicted octanol–water partition coefficient (Wildman–Crippen LogP) is 0.144. The summed E-state index contributed by atoms with van der Waals surface area (Å²) in [5, 5.41) is 0. The van der Waals surface area contributed by atoms with Gasteiger partial charge >= 0.3 is 0 Å². The van der Waals surface area contributed by atoms with Crippen molar-refractivity contribution in [2.24, 2.45) is 0 Å². The normalized spacial score (nSPS) is 17.2. The number of hydrogen-bond acceptors (Lipinski definition) is 8. The molecule has 2 saturated heterocycles. The number of aryl methyl sites for hydroxylation is 2. The first-order valence-corrected chi connectivity index (χ1v) is 10.7. The fourth-order valence-electron chi connectivity index (χ4n) is 3.82. The Bertz CT molecular complexity index is 1010. The molecule has 4 rings (SSSR count). The lowest BCUT2D eigenvalue weighted by atomic mass is 10.2. The van der Waals surface area contributed by atoms with E-state index in [9.17, 15) is 9.59 Å². The van der Waals surface area contributed by atoms with E-state index in [4.69, 9.17) is 9.72 Å². The molecule has 4 heterocycles. The zero-order valence-electron chi connectivity index (χ0n) is 18.4. The smallest absolute Gasteiger partial charge is 0.256 e. The van der Waals surface area contributed by atoms with Crippen LogP contribution in [0.4, 0.5) is 11.8 Å². The quantitative estimate of drug-likeness (QED) is 0.680. The molecule has 31 heavy (non-hydrogen) atoms. The summed E-state index contributed by atoms with van der Waals surface area (Å²) in [4.78, 5) is 44.8. The Kier molecular flexibility index (Phi) is 6.17. The molecule has 2 aliphatic heterocycles. The van der Waals surface area contributed by atoms with Crippen LogP contribution >= 0.6 is 0 Å².